The molecule has 8 heteroatoms. The van der Waals surface area contributed by atoms with E-state index in [4.69, 9.17) is 4.42 Å². The maximum absolute atomic E-state index is 12.5. The number of amides is 1. The van der Waals surface area contributed by atoms with Gasteiger partial charge in [-0.1, -0.05) is 42.5 Å². The fraction of sp³-hybridized carbons (Fsp3) is 0.100. The molecular formula is C20H18N4O4. The highest BCUT2D eigenvalue weighted by Crippen LogP contribution is 2.21. The second-order valence-electron chi connectivity index (χ2n) is 6.02. The number of hydrogen-bond acceptors (Lipinski definition) is 7. The van der Waals surface area contributed by atoms with Crippen LogP contribution in [0.1, 0.15) is 15.9 Å². The van der Waals surface area contributed by atoms with E-state index in [0.29, 0.717) is 11.3 Å². The molecule has 0 saturated carbocycles. The van der Waals surface area contributed by atoms with Crippen molar-refractivity contribution in [2.45, 2.75) is 0 Å². The molecule has 3 aromatic rings. The van der Waals surface area contributed by atoms with E-state index >= 15 is 0 Å². The fourth-order valence-corrected chi connectivity index (χ4v) is 2.42. The van der Waals surface area contributed by atoms with Crippen molar-refractivity contribution in [3.05, 3.63) is 76.1 Å². The van der Waals surface area contributed by atoms with E-state index < -0.39 is 11.5 Å². The molecule has 2 aromatic carbocycles. The number of benzene rings is 2. The molecule has 1 amide bonds. The van der Waals surface area contributed by atoms with Crippen molar-refractivity contribution in [1.82, 2.24) is 10.4 Å². The Morgan fingerprint density at radius 2 is 1.82 bits per heavy atom. The van der Waals surface area contributed by atoms with E-state index in [2.05, 4.69) is 15.5 Å². The van der Waals surface area contributed by atoms with Gasteiger partial charge in [-0.05, 0) is 12.1 Å². The van der Waals surface area contributed by atoms with Gasteiger partial charge in [0.1, 0.15) is 11.3 Å². The monoisotopic (exact) mass is 378 g/mol. The van der Waals surface area contributed by atoms with Crippen molar-refractivity contribution in [2.75, 3.05) is 19.0 Å². The van der Waals surface area contributed by atoms with Crippen LogP contribution in [0.15, 0.2) is 68.9 Å². The Kier molecular flexibility index (Phi) is 5.50. The predicted molar refractivity (Wildman–Crippen MR) is 106 cm³/mol. The highest BCUT2D eigenvalue weighted by atomic mass is 16.4. The number of aromatic nitrogens is 1. The van der Waals surface area contributed by atoms with Gasteiger partial charge >= 0.3 is 5.63 Å². The Bertz CT molecular complexity index is 1080. The maximum Gasteiger partial charge on any atom is 0.349 e. The normalized spacial score (nSPS) is 10.8. The fourth-order valence-electron chi connectivity index (χ4n) is 2.42. The molecule has 142 valence electrons. The average Bonchev–Trinajstić information content (AvgIpc) is 2.69. The van der Waals surface area contributed by atoms with Crippen LogP contribution >= 0.6 is 0 Å². The zero-order chi connectivity index (χ0) is 20.1. The van der Waals surface area contributed by atoms with Crippen molar-refractivity contribution in [2.24, 2.45) is 5.10 Å². The minimum Gasteiger partial charge on any atom is -0.507 e. The molecule has 1 aromatic heterocycles. The summed E-state index contributed by atoms with van der Waals surface area (Å²) in [6.07, 6.45) is 1.18. The smallest absolute Gasteiger partial charge is 0.349 e. The summed E-state index contributed by atoms with van der Waals surface area (Å²) in [5.74, 6) is -0.783. The zero-order valence-electron chi connectivity index (χ0n) is 15.3. The first kappa shape index (κ1) is 18.8. The zero-order valence-corrected chi connectivity index (χ0v) is 15.3. The van der Waals surface area contributed by atoms with Crippen LogP contribution < -0.4 is 16.0 Å². The molecule has 0 bridgehead atoms. The van der Waals surface area contributed by atoms with Gasteiger partial charge in [0.25, 0.3) is 11.9 Å². The number of nitrogens with one attached hydrogen (secondary N) is 1. The summed E-state index contributed by atoms with van der Waals surface area (Å²) in [7, 11) is 3.42. The number of nitrogens with zero attached hydrogens (tertiary/aromatic N) is 3. The molecule has 0 aliphatic heterocycles. The Labute approximate surface area is 160 Å². The molecule has 28 heavy (non-hydrogen) atoms. The Balaban J connectivity index is 1.95. The Hall–Kier alpha value is -3.94. The number of rotatable bonds is 5. The number of phenols is 1. The standard InChI is InChI=1S/C20H18N4O4/c1-24(2)20-22-17(13-8-4-3-5-9-13)15(19(27)28-20)12-21-23-18(26)14-10-6-7-11-16(14)25/h3-12,25H,1-2H3,(H,23,26)/b21-12-. The summed E-state index contributed by atoms with van der Waals surface area (Å²) in [5, 5.41) is 13.6. The molecular weight excluding hydrogens is 360 g/mol. The number of hydrogen-bond donors (Lipinski definition) is 2. The molecule has 0 fully saturated rings. The Morgan fingerprint density at radius 3 is 2.50 bits per heavy atom. The molecule has 2 N–H and O–H groups in total. The van der Waals surface area contributed by atoms with Gasteiger partial charge in [-0.2, -0.15) is 10.1 Å². The topological polar surface area (TPSA) is 108 Å². The van der Waals surface area contributed by atoms with Gasteiger partial charge in [-0.3, -0.25) is 4.79 Å². The maximum atomic E-state index is 12.5. The van der Waals surface area contributed by atoms with Crippen LogP contribution in [-0.2, 0) is 0 Å². The van der Waals surface area contributed by atoms with Gasteiger partial charge in [-0.25, -0.2) is 10.2 Å². The molecule has 0 unspecified atom stereocenters. The first-order valence-electron chi connectivity index (χ1n) is 8.36. The second kappa shape index (κ2) is 8.17. The highest BCUT2D eigenvalue weighted by Gasteiger charge is 2.15. The minimum absolute atomic E-state index is 0.0658. The van der Waals surface area contributed by atoms with E-state index in [1.165, 1.54) is 18.3 Å². The van der Waals surface area contributed by atoms with Gasteiger partial charge in [0, 0.05) is 19.7 Å². The first-order valence-corrected chi connectivity index (χ1v) is 8.36. The van der Waals surface area contributed by atoms with Crippen LogP contribution in [-0.4, -0.2) is 36.3 Å². The van der Waals surface area contributed by atoms with Gasteiger partial charge in [0.05, 0.1) is 17.5 Å². The third-order valence-corrected chi connectivity index (χ3v) is 3.80. The molecule has 8 nitrogen and oxygen atoms in total. The van der Waals surface area contributed by atoms with Crippen LogP contribution in [0.25, 0.3) is 11.3 Å². The lowest BCUT2D eigenvalue weighted by Crippen LogP contribution is -2.21. The summed E-state index contributed by atoms with van der Waals surface area (Å²) in [4.78, 5) is 30.6. The molecule has 3 rings (SSSR count). The van der Waals surface area contributed by atoms with Crippen molar-refractivity contribution in [3.8, 4) is 17.0 Å². The lowest BCUT2D eigenvalue weighted by Gasteiger charge is -2.11. The van der Waals surface area contributed by atoms with Crippen LogP contribution in [0, 0.1) is 0 Å². The molecule has 0 spiro atoms. The van der Waals surface area contributed by atoms with Crippen molar-refractivity contribution >= 4 is 18.1 Å². The number of carbonyl (C=O) groups excluding carboxylic acids is 1. The van der Waals surface area contributed by atoms with Gasteiger partial charge < -0.3 is 14.4 Å². The average molecular weight is 378 g/mol. The van der Waals surface area contributed by atoms with Crippen molar-refractivity contribution < 1.29 is 14.3 Å². The lowest BCUT2D eigenvalue weighted by atomic mass is 10.1. The number of para-hydroxylation sites is 1. The number of carbonyl (C=O) groups is 1. The predicted octanol–water partition coefficient (Wildman–Crippen LogP) is 2.24. The van der Waals surface area contributed by atoms with Crippen LogP contribution in [0.5, 0.6) is 5.75 Å². The third kappa shape index (κ3) is 4.07. The van der Waals surface area contributed by atoms with E-state index in [1.807, 2.05) is 18.2 Å². The molecule has 0 aliphatic carbocycles. The number of anilines is 1. The largest absolute Gasteiger partial charge is 0.507 e. The molecule has 0 aliphatic rings. The van der Waals surface area contributed by atoms with Gasteiger partial charge in [0.2, 0.25) is 0 Å². The number of aromatic hydroxyl groups is 1. The molecule has 0 saturated heterocycles. The van der Waals surface area contributed by atoms with Crippen LogP contribution in [0.2, 0.25) is 0 Å². The van der Waals surface area contributed by atoms with E-state index in [9.17, 15) is 14.7 Å². The quantitative estimate of drug-likeness (QED) is 0.521. The highest BCUT2D eigenvalue weighted by molar-refractivity contribution is 5.97. The molecule has 1 heterocycles. The summed E-state index contributed by atoms with van der Waals surface area (Å²) in [5.41, 5.74) is 2.88. The van der Waals surface area contributed by atoms with E-state index in [1.54, 1.807) is 43.3 Å². The van der Waals surface area contributed by atoms with Gasteiger partial charge in [-0.15, -0.1) is 0 Å². The number of phenolic OH excluding ortho intramolecular Hbond substituents is 1. The lowest BCUT2D eigenvalue weighted by molar-refractivity contribution is 0.0952. The van der Waals surface area contributed by atoms with Crippen molar-refractivity contribution in [1.29, 1.82) is 0 Å². The van der Waals surface area contributed by atoms with Crippen LogP contribution in [0.4, 0.5) is 6.01 Å². The van der Waals surface area contributed by atoms with E-state index in [0.717, 1.165) is 0 Å². The summed E-state index contributed by atoms with van der Waals surface area (Å²) in [6, 6.07) is 15.3. The number of hydrazone groups is 1. The minimum atomic E-state index is -0.641. The van der Waals surface area contributed by atoms with E-state index in [-0.39, 0.29) is 22.9 Å². The first-order chi connectivity index (χ1) is 13.5. The van der Waals surface area contributed by atoms with Crippen LogP contribution in [0.3, 0.4) is 0 Å². The third-order valence-electron chi connectivity index (χ3n) is 3.80. The Morgan fingerprint density at radius 1 is 1.14 bits per heavy atom. The van der Waals surface area contributed by atoms with Crippen molar-refractivity contribution in [3.63, 3.8) is 0 Å². The molecule has 0 atom stereocenters. The molecule has 0 radical (unpaired) electrons. The summed E-state index contributed by atoms with van der Waals surface area (Å²) >= 11 is 0. The van der Waals surface area contributed by atoms with Gasteiger partial charge in [0.15, 0.2) is 0 Å². The second-order valence-corrected chi connectivity index (χ2v) is 6.02. The summed E-state index contributed by atoms with van der Waals surface area (Å²) < 4.78 is 5.21. The SMILES string of the molecule is CN(C)c1nc(-c2ccccc2)c(/C=N\NC(=O)c2ccccc2O)c(=O)o1. The summed E-state index contributed by atoms with van der Waals surface area (Å²) in [6.45, 7) is 0.